The van der Waals surface area contributed by atoms with E-state index in [4.69, 9.17) is 9.47 Å². The van der Waals surface area contributed by atoms with Crippen LogP contribution in [0.15, 0.2) is 42.5 Å². The van der Waals surface area contributed by atoms with Crippen LogP contribution >= 0.6 is 0 Å². The summed E-state index contributed by atoms with van der Waals surface area (Å²) >= 11 is 0. The SMILES string of the molecule is CCN(CC)CCNC(=O)c1ccc(NC(=O)CCc2ccc(OC)c(OC)c2)cc1. The normalized spacial score (nSPS) is 10.6. The second-order valence-electron chi connectivity index (χ2n) is 7.10. The molecule has 7 nitrogen and oxygen atoms in total. The average molecular weight is 428 g/mol. The number of benzene rings is 2. The number of nitrogens with zero attached hydrogens (tertiary/aromatic N) is 1. The third-order valence-electron chi connectivity index (χ3n) is 5.13. The summed E-state index contributed by atoms with van der Waals surface area (Å²) in [5, 5.41) is 5.80. The van der Waals surface area contributed by atoms with Gasteiger partial charge in [-0.15, -0.1) is 0 Å². The number of carbonyl (C=O) groups is 2. The minimum absolute atomic E-state index is 0.0915. The maximum atomic E-state index is 12.3. The van der Waals surface area contributed by atoms with Gasteiger partial charge in [-0.05, 0) is 61.5 Å². The van der Waals surface area contributed by atoms with Gasteiger partial charge in [0.2, 0.25) is 5.91 Å². The van der Waals surface area contributed by atoms with Gasteiger partial charge in [0.25, 0.3) is 5.91 Å². The fourth-order valence-electron chi connectivity index (χ4n) is 3.19. The number of anilines is 1. The summed E-state index contributed by atoms with van der Waals surface area (Å²) in [4.78, 5) is 26.8. The predicted molar refractivity (Wildman–Crippen MR) is 123 cm³/mol. The fourth-order valence-corrected chi connectivity index (χ4v) is 3.19. The lowest BCUT2D eigenvalue weighted by Gasteiger charge is -2.18. The Hall–Kier alpha value is -3.06. The zero-order valence-corrected chi connectivity index (χ0v) is 18.9. The summed E-state index contributed by atoms with van der Waals surface area (Å²) < 4.78 is 10.5. The molecular formula is C24H33N3O4. The van der Waals surface area contributed by atoms with Crippen molar-refractivity contribution in [3.63, 3.8) is 0 Å². The average Bonchev–Trinajstić information content (AvgIpc) is 2.80. The number of amides is 2. The van der Waals surface area contributed by atoms with Gasteiger partial charge in [0.1, 0.15) is 0 Å². The smallest absolute Gasteiger partial charge is 0.251 e. The molecule has 2 amide bonds. The number of rotatable bonds is 12. The largest absolute Gasteiger partial charge is 0.493 e. The van der Waals surface area contributed by atoms with Crippen molar-refractivity contribution in [2.75, 3.05) is 45.7 Å². The van der Waals surface area contributed by atoms with Crippen molar-refractivity contribution in [1.82, 2.24) is 10.2 Å². The molecule has 0 fully saturated rings. The highest BCUT2D eigenvalue weighted by Gasteiger charge is 2.09. The quantitative estimate of drug-likeness (QED) is 0.543. The van der Waals surface area contributed by atoms with Crippen LogP contribution in [0.5, 0.6) is 11.5 Å². The molecule has 0 spiro atoms. The Balaban J connectivity index is 1.81. The molecule has 0 unspecified atom stereocenters. The molecule has 2 aromatic rings. The Morgan fingerprint density at radius 2 is 1.61 bits per heavy atom. The molecule has 168 valence electrons. The molecule has 0 atom stereocenters. The van der Waals surface area contributed by atoms with Gasteiger partial charge in [0.05, 0.1) is 14.2 Å². The summed E-state index contributed by atoms with van der Waals surface area (Å²) in [6, 6.07) is 12.6. The zero-order chi connectivity index (χ0) is 22.6. The van der Waals surface area contributed by atoms with Crippen LogP contribution in [0.3, 0.4) is 0 Å². The molecule has 2 aromatic carbocycles. The van der Waals surface area contributed by atoms with Crippen LogP contribution in [0.4, 0.5) is 5.69 Å². The number of ether oxygens (including phenoxy) is 2. The van der Waals surface area contributed by atoms with Gasteiger partial charge in [-0.2, -0.15) is 0 Å². The molecule has 7 heteroatoms. The van der Waals surface area contributed by atoms with Crippen LogP contribution in [0.2, 0.25) is 0 Å². The Kier molecular flexibility index (Phi) is 9.84. The lowest BCUT2D eigenvalue weighted by atomic mass is 10.1. The van der Waals surface area contributed by atoms with E-state index in [9.17, 15) is 9.59 Å². The molecule has 0 aliphatic rings. The van der Waals surface area contributed by atoms with Crippen molar-refractivity contribution in [2.45, 2.75) is 26.7 Å². The third-order valence-corrected chi connectivity index (χ3v) is 5.13. The molecule has 0 aliphatic heterocycles. The van der Waals surface area contributed by atoms with E-state index >= 15 is 0 Å². The highest BCUT2D eigenvalue weighted by atomic mass is 16.5. The van der Waals surface area contributed by atoms with Gasteiger partial charge in [-0.3, -0.25) is 9.59 Å². The number of likely N-dealkylation sites (N-methyl/N-ethyl adjacent to an activating group) is 1. The Morgan fingerprint density at radius 1 is 0.935 bits per heavy atom. The van der Waals surface area contributed by atoms with Gasteiger partial charge in [0.15, 0.2) is 11.5 Å². The van der Waals surface area contributed by atoms with Gasteiger partial charge in [-0.25, -0.2) is 0 Å². The van der Waals surface area contributed by atoms with Crippen LogP contribution in [0, 0.1) is 0 Å². The van der Waals surface area contributed by atoms with Crippen LogP contribution in [-0.2, 0) is 11.2 Å². The topological polar surface area (TPSA) is 79.9 Å². The maximum Gasteiger partial charge on any atom is 0.251 e. The van der Waals surface area contributed by atoms with E-state index in [1.165, 1.54) is 0 Å². The van der Waals surface area contributed by atoms with Gasteiger partial charge >= 0.3 is 0 Å². The summed E-state index contributed by atoms with van der Waals surface area (Å²) in [6.45, 7) is 7.57. The summed E-state index contributed by atoms with van der Waals surface area (Å²) in [6.07, 6.45) is 0.919. The molecule has 0 heterocycles. The molecule has 0 radical (unpaired) electrons. The highest BCUT2D eigenvalue weighted by molar-refractivity contribution is 5.95. The van der Waals surface area contributed by atoms with E-state index in [-0.39, 0.29) is 11.8 Å². The van der Waals surface area contributed by atoms with Gasteiger partial charge < -0.3 is 25.0 Å². The van der Waals surface area contributed by atoms with Crippen molar-refractivity contribution in [3.8, 4) is 11.5 Å². The number of aryl methyl sites for hydroxylation is 1. The zero-order valence-electron chi connectivity index (χ0n) is 18.9. The first-order valence-electron chi connectivity index (χ1n) is 10.6. The minimum Gasteiger partial charge on any atom is -0.493 e. The number of hydrogen-bond donors (Lipinski definition) is 2. The van der Waals surface area contributed by atoms with E-state index in [1.807, 2.05) is 18.2 Å². The Morgan fingerprint density at radius 3 is 2.23 bits per heavy atom. The molecule has 0 saturated heterocycles. The van der Waals surface area contributed by atoms with Crippen molar-refractivity contribution in [2.24, 2.45) is 0 Å². The van der Waals surface area contributed by atoms with Crippen molar-refractivity contribution >= 4 is 17.5 Å². The number of hydrogen-bond acceptors (Lipinski definition) is 5. The lowest BCUT2D eigenvalue weighted by Crippen LogP contribution is -2.34. The van der Waals surface area contributed by atoms with E-state index in [2.05, 4.69) is 29.4 Å². The molecule has 0 saturated carbocycles. The third kappa shape index (κ3) is 7.61. The van der Waals surface area contributed by atoms with Crippen molar-refractivity contribution < 1.29 is 19.1 Å². The highest BCUT2D eigenvalue weighted by Crippen LogP contribution is 2.28. The summed E-state index contributed by atoms with van der Waals surface area (Å²) in [5.74, 6) is 1.10. The maximum absolute atomic E-state index is 12.3. The monoisotopic (exact) mass is 427 g/mol. The second-order valence-corrected chi connectivity index (χ2v) is 7.10. The number of nitrogens with one attached hydrogen (secondary N) is 2. The first kappa shape index (κ1) is 24.2. The van der Waals surface area contributed by atoms with Crippen LogP contribution in [0.1, 0.15) is 36.2 Å². The Labute approximate surface area is 184 Å². The van der Waals surface area contributed by atoms with Crippen molar-refractivity contribution in [3.05, 3.63) is 53.6 Å². The van der Waals surface area contributed by atoms with Gasteiger partial charge in [0, 0.05) is 30.8 Å². The van der Waals surface area contributed by atoms with Crippen LogP contribution < -0.4 is 20.1 Å². The van der Waals surface area contributed by atoms with Gasteiger partial charge in [-0.1, -0.05) is 19.9 Å². The second kappa shape index (κ2) is 12.6. The van der Waals surface area contributed by atoms with E-state index in [0.717, 1.165) is 25.2 Å². The first-order valence-corrected chi connectivity index (χ1v) is 10.6. The van der Waals surface area contributed by atoms with E-state index < -0.39 is 0 Å². The molecule has 0 aliphatic carbocycles. The van der Waals surface area contributed by atoms with E-state index in [0.29, 0.717) is 42.1 Å². The number of carbonyl (C=O) groups excluding carboxylic acids is 2. The van der Waals surface area contributed by atoms with Crippen molar-refractivity contribution in [1.29, 1.82) is 0 Å². The summed E-state index contributed by atoms with van der Waals surface area (Å²) in [7, 11) is 3.18. The van der Waals surface area contributed by atoms with Crippen LogP contribution in [-0.4, -0.2) is 57.1 Å². The molecule has 0 bridgehead atoms. The first-order chi connectivity index (χ1) is 15.0. The molecule has 0 aromatic heterocycles. The molecular weight excluding hydrogens is 394 g/mol. The van der Waals surface area contributed by atoms with E-state index in [1.54, 1.807) is 38.5 Å². The predicted octanol–water partition coefficient (Wildman–Crippen LogP) is 3.35. The molecule has 2 N–H and O–H groups in total. The Bertz CT molecular complexity index is 848. The fraction of sp³-hybridized carbons (Fsp3) is 0.417. The molecule has 2 rings (SSSR count). The lowest BCUT2D eigenvalue weighted by molar-refractivity contribution is -0.116. The minimum atomic E-state index is -0.113. The number of methoxy groups -OCH3 is 2. The molecule has 31 heavy (non-hydrogen) atoms. The standard InChI is InChI=1S/C24H33N3O4/c1-5-27(6-2)16-15-25-24(29)19-9-11-20(12-10-19)26-23(28)14-8-18-7-13-21(30-3)22(17-18)31-4/h7,9-13,17H,5-6,8,14-16H2,1-4H3,(H,25,29)(H,26,28). The van der Waals surface area contributed by atoms with Crippen LogP contribution in [0.25, 0.3) is 0 Å². The summed E-state index contributed by atoms with van der Waals surface area (Å²) in [5.41, 5.74) is 2.23.